The number of hydrogen-bond donors (Lipinski definition) is 1. The first-order chi connectivity index (χ1) is 12.9. The first-order valence-corrected chi connectivity index (χ1v) is 9.04. The van der Waals surface area contributed by atoms with Gasteiger partial charge in [-0.05, 0) is 49.9 Å². The van der Waals surface area contributed by atoms with Crippen LogP contribution in [0.25, 0.3) is 16.9 Å². The molecule has 140 valence electrons. The number of aromatic nitrogens is 2. The molecule has 6 heteroatoms. The lowest BCUT2D eigenvalue weighted by Crippen LogP contribution is -2.08. The number of rotatable bonds is 2. The molecule has 0 radical (unpaired) electrons. The minimum Gasteiger partial charge on any atom is -0.370 e. The summed E-state index contributed by atoms with van der Waals surface area (Å²) in [4.78, 5) is 0. The van der Waals surface area contributed by atoms with Crippen molar-refractivity contribution in [3.8, 4) is 16.9 Å². The molecule has 4 rings (SSSR count). The minimum atomic E-state index is -4.34. The quantitative estimate of drug-likeness (QED) is 0.634. The van der Waals surface area contributed by atoms with Crippen LogP contribution in [0.2, 0.25) is 0 Å². The van der Waals surface area contributed by atoms with Crippen molar-refractivity contribution < 1.29 is 13.2 Å². The summed E-state index contributed by atoms with van der Waals surface area (Å²) in [6.07, 6.45) is -1.41. The molecule has 3 nitrogen and oxygen atoms in total. The van der Waals surface area contributed by atoms with Gasteiger partial charge in [0.05, 0.1) is 16.9 Å². The van der Waals surface area contributed by atoms with Crippen LogP contribution in [0.5, 0.6) is 0 Å². The van der Waals surface area contributed by atoms with Gasteiger partial charge >= 0.3 is 6.18 Å². The number of hydrogen-bond acceptors (Lipinski definition) is 2. The van der Waals surface area contributed by atoms with E-state index in [2.05, 4.69) is 5.32 Å². The molecule has 1 aromatic heterocycles. The number of anilines is 1. The Kier molecular flexibility index (Phi) is 4.42. The van der Waals surface area contributed by atoms with Gasteiger partial charge in [0.1, 0.15) is 5.82 Å². The second-order valence-corrected chi connectivity index (χ2v) is 6.83. The predicted molar refractivity (Wildman–Crippen MR) is 100 cm³/mol. The summed E-state index contributed by atoms with van der Waals surface area (Å²) in [6, 6.07) is 13.2. The van der Waals surface area contributed by atoms with Crippen molar-refractivity contribution in [1.29, 1.82) is 0 Å². The number of nitrogens with one attached hydrogen (secondary N) is 1. The van der Waals surface area contributed by atoms with Gasteiger partial charge in [-0.15, -0.1) is 0 Å². The molecule has 0 aliphatic carbocycles. The largest absolute Gasteiger partial charge is 0.416 e. The lowest BCUT2D eigenvalue weighted by Gasteiger charge is -2.11. The van der Waals surface area contributed by atoms with Gasteiger partial charge in [-0.25, -0.2) is 4.68 Å². The third kappa shape index (κ3) is 3.31. The van der Waals surface area contributed by atoms with E-state index >= 15 is 0 Å². The van der Waals surface area contributed by atoms with Crippen LogP contribution in [0.15, 0.2) is 48.5 Å². The standard InChI is InChI=1S/C21H20F3N3/c1-14-6-2-3-8-18(14)27-20-17(7-4-5-13-25-20)19(26-27)15-9-11-16(12-10-15)21(22,23)24/h2-3,6,8-12,25H,4-5,7,13H2,1H3. The van der Waals surface area contributed by atoms with E-state index in [9.17, 15) is 13.2 Å². The zero-order valence-corrected chi connectivity index (χ0v) is 15.0. The average molecular weight is 371 g/mol. The van der Waals surface area contributed by atoms with E-state index in [4.69, 9.17) is 5.10 Å². The van der Waals surface area contributed by atoms with Gasteiger partial charge in [-0.1, -0.05) is 30.3 Å². The Hall–Kier alpha value is -2.76. The number of para-hydroxylation sites is 1. The molecule has 0 bridgehead atoms. The fraction of sp³-hybridized carbons (Fsp3) is 0.286. The van der Waals surface area contributed by atoms with Gasteiger partial charge in [0.25, 0.3) is 0 Å². The van der Waals surface area contributed by atoms with Crippen LogP contribution in [-0.2, 0) is 12.6 Å². The fourth-order valence-electron chi connectivity index (χ4n) is 3.53. The van der Waals surface area contributed by atoms with Crippen LogP contribution >= 0.6 is 0 Å². The van der Waals surface area contributed by atoms with E-state index in [1.165, 1.54) is 12.1 Å². The molecule has 2 aromatic carbocycles. The van der Waals surface area contributed by atoms with E-state index in [1.807, 2.05) is 35.9 Å². The number of aryl methyl sites for hydroxylation is 1. The van der Waals surface area contributed by atoms with E-state index in [0.29, 0.717) is 5.56 Å². The molecular formula is C21H20F3N3. The number of alkyl halides is 3. The van der Waals surface area contributed by atoms with Crippen LogP contribution in [0.4, 0.5) is 19.0 Å². The number of halogens is 3. The van der Waals surface area contributed by atoms with Crippen molar-refractivity contribution in [3.63, 3.8) is 0 Å². The lowest BCUT2D eigenvalue weighted by molar-refractivity contribution is -0.137. The maximum absolute atomic E-state index is 12.9. The third-order valence-corrected chi connectivity index (χ3v) is 4.96. The average Bonchev–Trinajstić information content (AvgIpc) is 2.83. The van der Waals surface area contributed by atoms with Crippen LogP contribution in [0.1, 0.15) is 29.5 Å². The van der Waals surface area contributed by atoms with Crippen molar-refractivity contribution in [2.75, 3.05) is 11.9 Å². The Bertz CT molecular complexity index is 956. The molecule has 0 fully saturated rings. The van der Waals surface area contributed by atoms with Crippen LogP contribution < -0.4 is 5.32 Å². The lowest BCUT2D eigenvalue weighted by atomic mass is 10.0. The molecule has 0 amide bonds. The molecule has 3 aromatic rings. The first-order valence-electron chi connectivity index (χ1n) is 9.04. The second kappa shape index (κ2) is 6.76. The fourth-order valence-corrected chi connectivity index (χ4v) is 3.53. The van der Waals surface area contributed by atoms with Crippen LogP contribution in [-0.4, -0.2) is 16.3 Å². The molecule has 0 unspecified atom stereocenters. The van der Waals surface area contributed by atoms with Crippen LogP contribution in [0, 0.1) is 6.92 Å². The zero-order chi connectivity index (χ0) is 19.0. The molecule has 27 heavy (non-hydrogen) atoms. The van der Waals surface area contributed by atoms with E-state index in [1.54, 1.807) is 0 Å². The van der Waals surface area contributed by atoms with E-state index < -0.39 is 11.7 Å². The number of benzene rings is 2. The van der Waals surface area contributed by atoms with Crippen molar-refractivity contribution in [2.45, 2.75) is 32.4 Å². The van der Waals surface area contributed by atoms with Crippen molar-refractivity contribution in [3.05, 3.63) is 65.2 Å². The van der Waals surface area contributed by atoms with Gasteiger partial charge < -0.3 is 5.32 Å². The summed E-state index contributed by atoms with van der Waals surface area (Å²) >= 11 is 0. The number of nitrogens with zero attached hydrogens (tertiary/aromatic N) is 2. The van der Waals surface area contributed by atoms with Gasteiger partial charge in [0.15, 0.2) is 0 Å². The van der Waals surface area contributed by atoms with Crippen molar-refractivity contribution in [2.24, 2.45) is 0 Å². The zero-order valence-electron chi connectivity index (χ0n) is 15.0. The topological polar surface area (TPSA) is 29.9 Å². The van der Waals surface area contributed by atoms with Gasteiger partial charge in [-0.3, -0.25) is 0 Å². The summed E-state index contributed by atoms with van der Waals surface area (Å²) in [5, 5.41) is 8.27. The van der Waals surface area contributed by atoms with Crippen molar-refractivity contribution in [1.82, 2.24) is 9.78 Å². The summed E-state index contributed by atoms with van der Waals surface area (Å²) in [5.41, 5.74) is 3.94. The SMILES string of the molecule is Cc1ccccc1-n1nc(-c2ccc(C(F)(F)F)cc2)c2c1NCCCC2. The van der Waals surface area contributed by atoms with E-state index in [-0.39, 0.29) is 0 Å². The maximum Gasteiger partial charge on any atom is 0.416 e. The molecule has 0 spiro atoms. The number of fused-ring (bicyclic) bond motifs is 1. The summed E-state index contributed by atoms with van der Waals surface area (Å²) in [7, 11) is 0. The molecule has 0 saturated heterocycles. The normalized spacial score (nSPS) is 14.4. The summed E-state index contributed by atoms with van der Waals surface area (Å²) in [6.45, 7) is 2.88. The van der Waals surface area contributed by atoms with Crippen LogP contribution in [0.3, 0.4) is 0 Å². The Morgan fingerprint density at radius 2 is 1.74 bits per heavy atom. The Balaban J connectivity index is 1.85. The molecule has 1 aliphatic heterocycles. The highest BCUT2D eigenvalue weighted by molar-refractivity contribution is 5.71. The Morgan fingerprint density at radius 1 is 1.00 bits per heavy atom. The maximum atomic E-state index is 12.9. The second-order valence-electron chi connectivity index (χ2n) is 6.83. The highest BCUT2D eigenvalue weighted by Crippen LogP contribution is 2.36. The molecule has 0 atom stereocenters. The van der Waals surface area contributed by atoms with Crippen molar-refractivity contribution >= 4 is 5.82 Å². The monoisotopic (exact) mass is 371 g/mol. The van der Waals surface area contributed by atoms with Gasteiger partial charge in [0, 0.05) is 17.7 Å². The Labute approximate surface area is 155 Å². The summed E-state index contributed by atoms with van der Waals surface area (Å²) < 4.78 is 40.6. The smallest absolute Gasteiger partial charge is 0.370 e. The van der Waals surface area contributed by atoms with E-state index in [0.717, 1.165) is 66.3 Å². The first kappa shape index (κ1) is 17.6. The predicted octanol–water partition coefficient (Wildman–Crippen LogP) is 5.61. The molecule has 1 aliphatic rings. The highest BCUT2D eigenvalue weighted by atomic mass is 19.4. The molecule has 2 heterocycles. The molecule has 1 N–H and O–H groups in total. The minimum absolute atomic E-state index is 0.645. The third-order valence-electron chi connectivity index (χ3n) is 4.96. The molecular weight excluding hydrogens is 351 g/mol. The van der Waals surface area contributed by atoms with Gasteiger partial charge in [-0.2, -0.15) is 18.3 Å². The van der Waals surface area contributed by atoms with Gasteiger partial charge in [0.2, 0.25) is 0 Å². The molecule has 0 saturated carbocycles. The summed E-state index contributed by atoms with van der Waals surface area (Å²) in [5.74, 6) is 0.941. The Morgan fingerprint density at radius 3 is 2.44 bits per heavy atom. The highest BCUT2D eigenvalue weighted by Gasteiger charge is 2.30.